The maximum atomic E-state index is 12.1. The van der Waals surface area contributed by atoms with Crippen molar-refractivity contribution in [3.8, 4) is 12.3 Å². The van der Waals surface area contributed by atoms with Crippen LogP contribution in [0, 0.1) is 12.3 Å². The van der Waals surface area contributed by atoms with Crippen molar-refractivity contribution in [1.82, 2.24) is 0 Å². The second-order valence-electron chi connectivity index (χ2n) is 6.08. The van der Waals surface area contributed by atoms with Crippen LogP contribution in [-0.4, -0.2) is 18.5 Å². The Balaban J connectivity index is 1.49. The molecule has 138 valence electrons. The number of amides is 2. The standard InChI is InChI=1S/C21H17N5OS/c1-2-17-12-18-19(22)23-13-26(20(18)28-17)16-10-8-15(9-11-16)25-21(27)24-14-6-4-3-5-7-14/h1,3-12H,13H2,(H2,22,23)(H2,24,25,27). The van der Waals surface area contributed by atoms with Crippen LogP contribution in [0.4, 0.5) is 26.9 Å². The minimum atomic E-state index is -0.298. The van der Waals surface area contributed by atoms with Crippen LogP contribution in [-0.2, 0) is 0 Å². The van der Waals surface area contributed by atoms with Gasteiger partial charge in [-0.25, -0.2) is 9.79 Å². The Morgan fingerprint density at radius 1 is 1.11 bits per heavy atom. The molecule has 0 atom stereocenters. The molecule has 0 saturated carbocycles. The number of rotatable bonds is 3. The minimum Gasteiger partial charge on any atom is -0.383 e. The van der Waals surface area contributed by atoms with Gasteiger partial charge in [-0.2, -0.15) is 0 Å². The number of para-hydroxylation sites is 1. The number of urea groups is 1. The van der Waals surface area contributed by atoms with Crippen LogP contribution in [0.2, 0.25) is 0 Å². The molecule has 0 unspecified atom stereocenters. The zero-order valence-electron chi connectivity index (χ0n) is 14.8. The molecule has 1 aromatic heterocycles. The molecule has 7 heteroatoms. The highest BCUT2D eigenvalue weighted by molar-refractivity contribution is 7.17. The predicted octanol–water partition coefficient (Wildman–Crippen LogP) is 4.19. The molecule has 28 heavy (non-hydrogen) atoms. The summed E-state index contributed by atoms with van der Waals surface area (Å²) in [6.45, 7) is 0.421. The Kier molecular flexibility index (Phi) is 4.70. The number of hydrogen-bond donors (Lipinski definition) is 3. The third-order valence-electron chi connectivity index (χ3n) is 4.23. The van der Waals surface area contributed by atoms with Gasteiger partial charge in [0.15, 0.2) is 0 Å². The van der Waals surface area contributed by atoms with Crippen LogP contribution in [0.25, 0.3) is 0 Å². The number of nitrogens with one attached hydrogen (secondary N) is 2. The number of carbonyl (C=O) groups excluding carboxylic acids is 1. The van der Waals surface area contributed by atoms with Crippen LogP contribution in [0.5, 0.6) is 0 Å². The molecule has 0 radical (unpaired) electrons. The van der Waals surface area contributed by atoms with E-state index in [1.54, 1.807) is 0 Å². The number of hydrogen-bond acceptors (Lipinski definition) is 5. The van der Waals surface area contributed by atoms with E-state index in [0.29, 0.717) is 18.2 Å². The highest BCUT2D eigenvalue weighted by atomic mass is 32.1. The van der Waals surface area contributed by atoms with E-state index in [-0.39, 0.29) is 6.03 Å². The first-order chi connectivity index (χ1) is 13.6. The lowest BCUT2D eigenvalue weighted by molar-refractivity contribution is 0.262. The molecule has 2 aromatic carbocycles. The average molecular weight is 387 g/mol. The van der Waals surface area contributed by atoms with Crippen molar-refractivity contribution in [3.63, 3.8) is 0 Å². The van der Waals surface area contributed by atoms with Gasteiger partial charge in [-0.1, -0.05) is 24.1 Å². The number of aliphatic imine (C=N–C) groups is 1. The topological polar surface area (TPSA) is 82.8 Å². The van der Waals surface area contributed by atoms with E-state index in [9.17, 15) is 4.79 Å². The maximum absolute atomic E-state index is 12.1. The van der Waals surface area contributed by atoms with E-state index >= 15 is 0 Å². The third-order valence-corrected chi connectivity index (χ3v) is 5.32. The molecular formula is C21H17N5OS. The van der Waals surface area contributed by atoms with E-state index in [1.807, 2.05) is 65.6 Å². The van der Waals surface area contributed by atoms with Gasteiger partial charge in [0, 0.05) is 17.1 Å². The first-order valence-electron chi connectivity index (χ1n) is 8.55. The fraction of sp³-hybridized carbons (Fsp3) is 0.0476. The SMILES string of the molecule is C#Cc1cc2c(s1)N(c1ccc(NC(=O)Nc3ccccc3)cc1)CN=C2N. The van der Waals surface area contributed by atoms with E-state index in [2.05, 4.69) is 21.5 Å². The minimum absolute atomic E-state index is 0.298. The maximum Gasteiger partial charge on any atom is 0.323 e. The highest BCUT2D eigenvalue weighted by Gasteiger charge is 2.23. The van der Waals surface area contributed by atoms with Gasteiger partial charge in [0.1, 0.15) is 17.5 Å². The lowest BCUT2D eigenvalue weighted by atomic mass is 10.2. The van der Waals surface area contributed by atoms with E-state index < -0.39 is 0 Å². The number of anilines is 4. The van der Waals surface area contributed by atoms with Crippen molar-refractivity contribution in [2.75, 3.05) is 22.2 Å². The summed E-state index contributed by atoms with van der Waals surface area (Å²) in [5.41, 5.74) is 9.22. The van der Waals surface area contributed by atoms with Gasteiger partial charge in [-0.15, -0.1) is 17.8 Å². The summed E-state index contributed by atoms with van der Waals surface area (Å²) in [5, 5.41) is 6.58. The van der Waals surface area contributed by atoms with Crippen molar-refractivity contribution < 1.29 is 4.79 Å². The van der Waals surface area contributed by atoms with Crippen LogP contribution < -0.4 is 21.3 Å². The molecule has 1 aliphatic rings. The number of nitrogens with two attached hydrogens (primary N) is 1. The molecule has 2 heterocycles. The summed E-state index contributed by atoms with van der Waals surface area (Å²) >= 11 is 1.51. The Morgan fingerprint density at radius 3 is 2.46 bits per heavy atom. The number of carbonyl (C=O) groups is 1. The zero-order chi connectivity index (χ0) is 19.5. The molecule has 4 rings (SSSR count). The second-order valence-corrected chi connectivity index (χ2v) is 7.11. The Labute approximate surface area is 166 Å². The van der Waals surface area contributed by atoms with E-state index in [1.165, 1.54) is 11.3 Å². The van der Waals surface area contributed by atoms with Gasteiger partial charge in [0.25, 0.3) is 0 Å². The monoisotopic (exact) mass is 387 g/mol. The van der Waals surface area contributed by atoms with Gasteiger partial charge >= 0.3 is 6.03 Å². The quantitative estimate of drug-likeness (QED) is 0.590. The summed E-state index contributed by atoms with van der Waals surface area (Å²) in [5.74, 6) is 3.15. The zero-order valence-corrected chi connectivity index (χ0v) is 15.7. The molecule has 0 bridgehead atoms. The highest BCUT2D eigenvalue weighted by Crippen LogP contribution is 2.38. The fourth-order valence-electron chi connectivity index (χ4n) is 2.87. The van der Waals surface area contributed by atoms with Crippen LogP contribution in [0.15, 0.2) is 65.7 Å². The molecule has 0 fully saturated rings. The number of terminal acetylenes is 1. The smallest absolute Gasteiger partial charge is 0.323 e. The van der Waals surface area contributed by atoms with Crippen molar-refractivity contribution in [2.24, 2.45) is 10.7 Å². The van der Waals surface area contributed by atoms with Crippen molar-refractivity contribution in [3.05, 3.63) is 71.1 Å². The number of fused-ring (bicyclic) bond motifs is 1. The largest absolute Gasteiger partial charge is 0.383 e. The Morgan fingerprint density at radius 2 is 1.79 bits per heavy atom. The van der Waals surface area contributed by atoms with Crippen molar-refractivity contribution in [1.29, 1.82) is 0 Å². The lowest BCUT2D eigenvalue weighted by Crippen LogP contribution is -2.27. The number of nitrogens with zero attached hydrogens (tertiary/aromatic N) is 2. The van der Waals surface area contributed by atoms with Gasteiger partial charge in [0.05, 0.1) is 10.4 Å². The van der Waals surface area contributed by atoms with Gasteiger partial charge < -0.3 is 21.3 Å². The molecule has 4 N–H and O–H groups in total. The summed E-state index contributed by atoms with van der Waals surface area (Å²) in [4.78, 5) is 19.4. The third kappa shape index (κ3) is 3.54. The first-order valence-corrected chi connectivity index (χ1v) is 9.37. The van der Waals surface area contributed by atoms with E-state index in [4.69, 9.17) is 12.2 Å². The molecule has 0 saturated heterocycles. The van der Waals surface area contributed by atoms with Gasteiger partial charge in [-0.05, 0) is 42.5 Å². The van der Waals surface area contributed by atoms with Gasteiger partial charge in [0.2, 0.25) is 0 Å². The molecule has 3 aromatic rings. The Hall–Kier alpha value is -3.76. The predicted molar refractivity (Wildman–Crippen MR) is 116 cm³/mol. The Bertz CT molecular complexity index is 1080. The number of benzene rings is 2. The normalized spacial score (nSPS) is 12.5. The molecule has 0 aliphatic carbocycles. The molecule has 0 spiro atoms. The molecule has 1 aliphatic heterocycles. The van der Waals surface area contributed by atoms with Crippen LogP contribution in [0.3, 0.4) is 0 Å². The molecule has 2 amide bonds. The van der Waals surface area contributed by atoms with Crippen molar-refractivity contribution >= 4 is 45.3 Å². The summed E-state index contributed by atoms with van der Waals surface area (Å²) in [6, 6.07) is 18.4. The molecule has 6 nitrogen and oxygen atoms in total. The molecular weight excluding hydrogens is 370 g/mol. The number of amidine groups is 1. The lowest BCUT2D eigenvalue weighted by Gasteiger charge is -2.26. The summed E-state index contributed by atoms with van der Waals surface area (Å²) < 4.78 is 0. The first kappa shape index (κ1) is 17.6. The fourth-order valence-corrected chi connectivity index (χ4v) is 3.86. The second kappa shape index (κ2) is 7.47. The van der Waals surface area contributed by atoms with Gasteiger partial charge in [-0.3, -0.25) is 0 Å². The summed E-state index contributed by atoms with van der Waals surface area (Å²) in [6.07, 6.45) is 5.53. The number of thiophene rings is 1. The average Bonchev–Trinajstić information content (AvgIpc) is 3.15. The van der Waals surface area contributed by atoms with Crippen LogP contribution >= 0.6 is 11.3 Å². The summed E-state index contributed by atoms with van der Waals surface area (Å²) in [7, 11) is 0. The van der Waals surface area contributed by atoms with Crippen LogP contribution in [0.1, 0.15) is 10.4 Å². The van der Waals surface area contributed by atoms with E-state index in [0.717, 1.165) is 26.8 Å². The van der Waals surface area contributed by atoms with Crippen molar-refractivity contribution in [2.45, 2.75) is 0 Å².